The molecule has 1 amide bonds. The van der Waals surface area contributed by atoms with E-state index in [2.05, 4.69) is 23.5 Å². The quantitative estimate of drug-likeness (QED) is 0.704. The molecule has 1 rings (SSSR count). The normalized spacial score (nSPS) is 25.1. The van der Waals surface area contributed by atoms with Crippen molar-refractivity contribution in [2.45, 2.75) is 45.6 Å². The molecule has 0 saturated carbocycles. The number of carbonyl (C=O) groups excluding carboxylic acids is 1. The second kappa shape index (κ2) is 4.88. The fourth-order valence-electron chi connectivity index (χ4n) is 2.20. The minimum absolute atomic E-state index is 0.0994. The Morgan fingerprint density at radius 3 is 2.75 bits per heavy atom. The average Bonchev–Trinajstić information content (AvgIpc) is 2.68. The first kappa shape index (κ1) is 13.1. The molecule has 90 valence electrons. The highest BCUT2D eigenvalue weighted by molar-refractivity contribution is 5.84. The van der Waals surface area contributed by atoms with E-state index in [0.717, 1.165) is 32.4 Å². The Morgan fingerprint density at radius 1 is 1.62 bits per heavy atom. The number of carbonyl (C=O) groups is 1. The Labute approximate surface area is 98.4 Å². The van der Waals surface area contributed by atoms with Crippen LogP contribution < -0.4 is 10.6 Å². The summed E-state index contributed by atoms with van der Waals surface area (Å²) in [7, 11) is 0. The molecule has 0 aromatic rings. The van der Waals surface area contributed by atoms with Crippen LogP contribution in [0.1, 0.15) is 40.0 Å². The van der Waals surface area contributed by atoms with Crippen LogP contribution in [0.25, 0.3) is 0 Å². The summed E-state index contributed by atoms with van der Waals surface area (Å²) >= 11 is 0. The second-order valence-corrected chi connectivity index (χ2v) is 5.18. The van der Waals surface area contributed by atoms with Gasteiger partial charge < -0.3 is 10.6 Å². The molecule has 0 aromatic heterocycles. The van der Waals surface area contributed by atoms with Crippen LogP contribution in [-0.2, 0) is 4.79 Å². The highest BCUT2D eigenvalue weighted by atomic mass is 16.2. The van der Waals surface area contributed by atoms with E-state index in [0.29, 0.717) is 0 Å². The van der Waals surface area contributed by atoms with Gasteiger partial charge in [0.05, 0.1) is 11.0 Å². The number of amides is 1. The van der Waals surface area contributed by atoms with Crippen LogP contribution in [0.2, 0.25) is 0 Å². The highest BCUT2D eigenvalue weighted by Gasteiger charge is 2.41. The summed E-state index contributed by atoms with van der Waals surface area (Å²) < 4.78 is 0. The zero-order valence-corrected chi connectivity index (χ0v) is 10.5. The van der Waals surface area contributed by atoms with Gasteiger partial charge in [-0.15, -0.1) is 6.42 Å². The Hall–Kier alpha value is -1.01. The Balaban J connectivity index is 2.73. The number of rotatable bonds is 4. The number of hydrogen-bond acceptors (Lipinski definition) is 2. The van der Waals surface area contributed by atoms with Crippen molar-refractivity contribution >= 4 is 5.91 Å². The minimum atomic E-state index is -0.555. The molecular formula is C13H22N2O. The van der Waals surface area contributed by atoms with Crippen molar-refractivity contribution in [3.05, 3.63) is 0 Å². The topological polar surface area (TPSA) is 41.1 Å². The van der Waals surface area contributed by atoms with E-state index in [9.17, 15) is 4.79 Å². The summed E-state index contributed by atoms with van der Waals surface area (Å²) in [6.45, 7) is 7.51. The van der Waals surface area contributed by atoms with Gasteiger partial charge >= 0.3 is 0 Å². The molecule has 1 heterocycles. The smallest absolute Gasteiger partial charge is 0.228 e. The van der Waals surface area contributed by atoms with Gasteiger partial charge in [-0.2, -0.15) is 0 Å². The fraction of sp³-hybridized carbons (Fsp3) is 0.769. The maximum atomic E-state index is 12.3. The van der Waals surface area contributed by atoms with E-state index in [-0.39, 0.29) is 11.3 Å². The third-order valence-corrected chi connectivity index (χ3v) is 3.24. The lowest BCUT2D eigenvalue weighted by molar-refractivity contribution is -0.131. The monoisotopic (exact) mass is 222 g/mol. The van der Waals surface area contributed by atoms with Crippen LogP contribution in [0.5, 0.6) is 0 Å². The minimum Gasteiger partial charge on any atom is -0.340 e. The van der Waals surface area contributed by atoms with Gasteiger partial charge in [-0.05, 0) is 33.2 Å². The molecule has 0 aliphatic carbocycles. The van der Waals surface area contributed by atoms with Crippen molar-refractivity contribution in [1.29, 1.82) is 0 Å². The maximum Gasteiger partial charge on any atom is 0.228 e. The first-order valence-corrected chi connectivity index (χ1v) is 5.97. The molecule has 3 nitrogen and oxygen atoms in total. The van der Waals surface area contributed by atoms with Crippen LogP contribution in [0.15, 0.2) is 0 Å². The third kappa shape index (κ3) is 2.76. The lowest BCUT2D eigenvalue weighted by atomic mass is 9.81. The highest BCUT2D eigenvalue weighted by Crippen LogP contribution is 2.31. The molecule has 1 aliphatic heterocycles. The molecule has 0 spiro atoms. The summed E-state index contributed by atoms with van der Waals surface area (Å²) in [6, 6.07) is 0. The summed E-state index contributed by atoms with van der Waals surface area (Å²) in [5.74, 6) is 2.70. The van der Waals surface area contributed by atoms with Crippen LogP contribution in [0.4, 0.5) is 0 Å². The van der Waals surface area contributed by atoms with E-state index >= 15 is 0 Å². The Morgan fingerprint density at radius 2 is 2.31 bits per heavy atom. The molecule has 3 heteroatoms. The molecule has 0 bridgehead atoms. The molecule has 1 atom stereocenters. The van der Waals surface area contributed by atoms with Gasteiger partial charge in [-0.1, -0.05) is 19.3 Å². The predicted molar refractivity (Wildman–Crippen MR) is 65.9 cm³/mol. The molecule has 2 N–H and O–H groups in total. The van der Waals surface area contributed by atoms with E-state index in [1.54, 1.807) is 0 Å². The van der Waals surface area contributed by atoms with Gasteiger partial charge in [0.15, 0.2) is 0 Å². The van der Waals surface area contributed by atoms with E-state index in [4.69, 9.17) is 6.42 Å². The molecular weight excluding hydrogens is 200 g/mol. The van der Waals surface area contributed by atoms with Crippen LogP contribution in [0, 0.1) is 17.8 Å². The van der Waals surface area contributed by atoms with E-state index in [1.165, 1.54) is 0 Å². The van der Waals surface area contributed by atoms with Gasteiger partial charge in [0.25, 0.3) is 0 Å². The van der Waals surface area contributed by atoms with Gasteiger partial charge in [-0.3, -0.25) is 4.79 Å². The molecule has 1 saturated heterocycles. The van der Waals surface area contributed by atoms with Gasteiger partial charge in [0, 0.05) is 6.54 Å². The Kier molecular flexibility index (Phi) is 3.98. The third-order valence-electron chi connectivity index (χ3n) is 3.24. The molecule has 1 fully saturated rings. The van der Waals surface area contributed by atoms with E-state index < -0.39 is 5.54 Å². The standard InChI is InChI=1S/C13H22N2O/c1-5-7-13(8-9-14-10-13)11(16)15-12(3,4)6-2/h2,14H,5,7-10H2,1,3-4H3,(H,15,16). The molecule has 0 radical (unpaired) electrons. The van der Waals surface area contributed by atoms with Crippen molar-refractivity contribution < 1.29 is 4.79 Å². The second-order valence-electron chi connectivity index (χ2n) is 5.18. The molecule has 0 aromatic carbocycles. The zero-order chi connectivity index (χ0) is 12.2. The average molecular weight is 222 g/mol. The number of terminal acetylenes is 1. The summed E-state index contributed by atoms with van der Waals surface area (Å²) in [4.78, 5) is 12.3. The molecule has 1 aliphatic rings. The van der Waals surface area contributed by atoms with Gasteiger partial charge in [0.1, 0.15) is 0 Å². The summed E-state index contributed by atoms with van der Waals surface area (Å²) in [5.41, 5.74) is -0.802. The summed E-state index contributed by atoms with van der Waals surface area (Å²) in [5, 5.41) is 6.23. The van der Waals surface area contributed by atoms with Crippen molar-refractivity contribution in [3.8, 4) is 12.3 Å². The lowest BCUT2D eigenvalue weighted by Gasteiger charge is -2.30. The largest absolute Gasteiger partial charge is 0.340 e. The van der Waals surface area contributed by atoms with Crippen molar-refractivity contribution in [2.75, 3.05) is 13.1 Å². The van der Waals surface area contributed by atoms with Crippen LogP contribution >= 0.6 is 0 Å². The lowest BCUT2D eigenvalue weighted by Crippen LogP contribution is -2.50. The number of nitrogens with one attached hydrogen (secondary N) is 2. The van der Waals surface area contributed by atoms with Gasteiger partial charge in [0.2, 0.25) is 5.91 Å². The maximum absolute atomic E-state index is 12.3. The number of hydrogen-bond donors (Lipinski definition) is 2. The van der Waals surface area contributed by atoms with Crippen LogP contribution in [-0.4, -0.2) is 24.5 Å². The molecule has 16 heavy (non-hydrogen) atoms. The van der Waals surface area contributed by atoms with Crippen molar-refractivity contribution in [2.24, 2.45) is 5.41 Å². The fourth-order valence-corrected chi connectivity index (χ4v) is 2.20. The first-order valence-electron chi connectivity index (χ1n) is 5.97. The Bertz CT molecular complexity index is 296. The van der Waals surface area contributed by atoms with Gasteiger partial charge in [-0.25, -0.2) is 0 Å². The van der Waals surface area contributed by atoms with Crippen molar-refractivity contribution in [1.82, 2.24) is 10.6 Å². The van der Waals surface area contributed by atoms with Crippen molar-refractivity contribution in [3.63, 3.8) is 0 Å². The summed E-state index contributed by atoms with van der Waals surface area (Å²) in [6.07, 6.45) is 8.24. The van der Waals surface area contributed by atoms with E-state index in [1.807, 2.05) is 13.8 Å². The predicted octanol–water partition coefficient (Wildman–Crippen LogP) is 1.29. The zero-order valence-electron chi connectivity index (χ0n) is 10.5. The van der Waals surface area contributed by atoms with Crippen LogP contribution in [0.3, 0.4) is 0 Å². The first-order chi connectivity index (χ1) is 7.46. The SMILES string of the molecule is C#CC(C)(C)NC(=O)C1(CCC)CCNC1. The molecule has 1 unspecified atom stereocenters.